The Balaban J connectivity index is 2.26. The lowest BCUT2D eigenvalue weighted by molar-refractivity contribution is 0.615. The molecule has 4 nitrogen and oxygen atoms in total. The molecular weight excluding hydrogens is 202 g/mol. The van der Waals surface area contributed by atoms with Gasteiger partial charge in [-0.2, -0.15) is 5.10 Å². The van der Waals surface area contributed by atoms with Crippen LogP contribution in [0.2, 0.25) is 0 Å². The minimum Gasteiger partial charge on any atom is -0.463 e. The molecule has 0 spiro atoms. The fourth-order valence-electron chi connectivity index (χ4n) is 1.82. The van der Waals surface area contributed by atoms with E-state index in [1.54, 1.807) is 10.9 Å². The molecule has 3 rings (SSSR count). The molecule has 3 aromatic rings. The highest BCUT2D eigenvalue weighted by atomic mass is 16.3. The van der Waals surface area contributed by atoms with Crippen LogP contribution >= 0.6 is 0 Å². The molecule has 80 valence electrons. The van der Waals surface area contributed by atoms with Crippen molar-refractivity contribution < 1.29 is 4.42 Å². The first-order chi connectivity index (χ1) is 7.74. The minimum absolute atomic E-state index is 0.824. The van der Waals surface area contributed by atoms with Gasteiger partial charge in [-0.3, -0.25) is 4.68 Å². The van der Waals surface area contributed by atoms with Crippen LogP contribution in [-0.2, 0) is 7.05 Å². The van der Waals surface area contributed by atoms with Crippen LogP contribution in [0.3, 0.4) is 0 Å². The van der Waals surface area contributed by atoms with E-state index in [4.69, 9.17) is 4.42 Å². The summed E-state index contributed by atoms with van der Waals surface area (Å²) in [6.45, 7) is 2.03. The number of hydrogen-bond acceptors (Lipinski definition) is 3. The van der Waals surface area contributed by atoms with E-state index in [1.807, 2.05) is 38.5 Å². The third kappa shape index (κ3) is 1.31. The molecule has 0 bridgehead atoms. The van der Waals surface area contributed by atoms with Crippen LogP contribution in [0, 0.1) is 6.92 Å². The maximum absolute atomic E-state index is 5.31. The van der Waals surface area contributed by atoms with Crippen LogP contribution in [0.1, 0.15) is 5.56 Å². The molecule has 0 aliphatic carbocycles. The molecule has 16 heavy (non-hydrogen) atoms. The van der Waals surface area contributed by atoms with E-state index < -0.39 is 0 Å². The molecule has 0 aromatic carbocycles. The van der Waals surface area contributed by atoms with E-state index >= 15 is 0 Å². The van der Waals surface area contributed by atoms with Crippen LogP contribution in [0.25, 0.3) is 22.4 Å². The van der Waals surface area contributed by atoms with Gasteiger partial charge in [0.25, 0.3) is 0 Å². The third-order valence-corrected chi connectivity index (χ3v) is 2.61. The highest BCUT2D eigenvalue weighted by Crippen LogP contribution is 2.24. The Hall–Kier alpha value is -2.10. The quantitative estimate of drug-likeness (QED) is 0.624. The molecule has 0 aliphatic rings. The summed E-state index contributed by atoms with van der Waals surface area (Å²) >= 11 is 0. The molecule has 0 atom stereocenters. The number of aromatic nitrogens is 3. The number of nitrogens with zero attached hydrogens (tertiary/aromatic N) is 3. The summed E-state index contributed by atoms with van der Waals surface area (Å²) in [5, 5.41) is 4.16. The predicted molar refractivity (Wildman–Crippen MR) is 60.9 cm³/mol. The lowest BCUT2D eigenvalue weighted by atomic mass is 10.1. The first kappa shape index (κ1) is 9.15. The molecule has 0 saturated heterocycles. The van der Waals surface area contributed by atoms with Gasteiger partial charge in [0, 0.05) is 24.9 Å². The minimum atomic E-state index is 0.824. The van der Waals surface area contributed by atoms with Gasteiger partial charge in [0.05, 0.1) is 18.2 Å². The smallest absolute Gasteiger partial charge is 0.152 e. The Labute approximate surface area is 92.5 Å². The Morgan fingerprint density at radius 2 is 2.25 bits per heavy atom. The second kappa shape index (κ2) is 3.20. The van der Waals surface area contributed by atoms with Gasteiger partial charge in [0.15, 0.2) is 5.58 Å². The highest BCUT2D eigenvalue weighted by Gasteiger charge is 2.09. The van der Waals surface area contributed by atoms with E-state index in [0.29, 0.717) is 0 Å². The van der Waals surface area contributed by atoms with Crippen molar-refractivity contribution in [2.24, 2.45) is 7.05 Å². The van der Waals surface area contributed by atoms with Crippen molar-refractivity contribution in [2.45, 2.75) is 6.92 Å². The van der Waals surface area contributed by atoms with Crippen LogP contribution in [0.5, 0.6) is 0 Å². The maximum atomic E-state index is 5.31. The topological polar surface area (TPSA) is 43.9 Å². The van der Waals surface area contributed by atoms with Gasteiger partial charge < -0.3 is 4.42 Å². The number of rotatable bonds is 1. The fourth-order valence-corrected chi connectivity index (χ4v) is 1.82. The molecule has 0 unspecified atom stereocenters. The summed E-state index contributed by atoms with van der Waals surface area (Å²) in [5.74, 6) is 0. The van der Waals surface area contributed by atoms with Gasteiger partial charge in [0.2, 0.25) is 0 Å². The number of fused-ring (bicyclic) bond motifs is 1. The molecule has 0 radical (unpaired) electrons. The average Bonchev–Trinajstić information content (AvgIpc) is 2.84. The van der Waals surface area contributed by atoms with Crippen molar-refractivity contribution >= 4 is 11.1 Å². The average molecular weight is 213 g/mol. The predicted octanol–water partition coefficient (Wildman–Crippen LogP) is 2.54. The van der Waals surface area contributed by atoms with Gasteiger partial charge in [0.1, 0.15) is 5.52 Å². The van der Waals surface area contributed by atoms with Gasteiger partial charge in [-0.05, 0) is 18.6 Å². The number of furan rings is 1. The summed E-state index contributed by atoms with van der Waals surface area (Å²) in [7, 11) is 1.90. The van der Waals surface area contributed by atoms with Crippen molar-refractivity contribution in [3.63, 3.8) is 0 Å². The van der Waals surface area contributed by atoms with Crippen LogP contribution in [-0.4, -0.2) is 14.8 Å². The summed E-state index contributed by atoms with van der Waals surface area (Å²) in [6, 6.07) is 3.87. The molecule has 3 aromatic heterocycles. The SMILES string of the molecule is Cc1cc2occc2nc1-c1cnn(C)c1. The molecular formula is C12H11N3O. The third-order valence-electron chi connectivity index (χ3n) is 2.61. The summed E-state index contributed by atoms with van der Waals surface area (Å²) < 4.78 is 7.09. The zero-order chi connectivity index (χ0) is 11.1. The normalized spacial score (nSPS) is 11.1. The zero-order valence-corrected chi connectivity index (χ0v) is 9.14. The van der Waals surface area contributed by atoms with Gasteiger partial charge in [-0.25, -0.2) is 4.98 Å². The van der Waals surface area contributed by atoms with E-state index in [1.165, 1.54) is 0 Å². The summed E-state index contributed by atoms with van der Waals surface area (Å²) in [6.07, 6.45) is 5.44. The van der Waals surface area contributed by atoms with Crippen molar-refractivity contribution in [3.05, 3.63) is 36.4 Å². The number of pyridine rings is 1. The molecule has 0 aliphatic heterocycles. The first-order valence-corrected chi connectivity index (χ1v) is 5.08. The molecule has 0 amide bonds. The summed E-state index contributed by atoms with van der Waals surface area (Å²) in [4.78, 5) is 4.57. The van der Waals surface area contributed by atoms with Crippen molar-refractivity contribution in [2.75, 3.05) is 0 Å². The van der Waals surface area contributed by atoms with Crippen LogP contribution < -0.4 is 0 Å². The zero-order valence-electron chi connectivity index (χ0n) is 9.14. The van der Waals surface area contributed by atoms with Crippen molar-refractivity contribution in [3.8, 4) is 11.3 Å². The number of aryl methyl sites for hydroxylation is 2. The monoisotopic (exact) mass is 213 g/mol. The van der Waals surface area contributed by atoms with Crippen LogP contribution in [0.15, 0.2) is 35.2 Å². The standard InChI is InChI=1S/C12H11N3O/c1-8-5-11-10(3-4-16-11)14-12(8)9-6-13-15(2)7-9/h3-7H,1-2H3. The van der Waals surface area contributed by atoms with E-state index in [-0.39, 0.29) is 0 Å². The largest absolute Gasteiger partial charge is 0.463 e. The van der Waals surface area contributed by atoms with Gasteiger partial charge in [-0.1, -0.05) is 0 Å². The highest BCUT2D eigenvalue weighted by molar-refractivity contribution is 5.78. The first-order valence-electron chi connectivity index (χ1n) is 5.08. The van der Waals surface area contributed by atoms with E-state index in [2.05, 4.69) is 10.1 Å². The van der Waals surface area contributed by atoms with E-state index in [9.17, 15) is 0 Å². The maximum Gasteiger partial charge on any atom is 0.152 e. The summed E-state index contributed by atoms with van der Waals surface area (Å²) in [5.41, 5.74) is 4.79. The Morgan fingerprint density at radius 3 is 3.00 bits per heavy atom. The Kier molecular flexibility index (Phi) is 1.83. The van der Waals surface area contributed by atoms with E-state index in [0.717, 1.165) is 27.9 Å². The van der Waals surface area contributed by atoms with Crippen molar-refractivity contribution in [1.82, 2.24) is 14.8 Å². The fraction of sp³-hybridized carbons (Fsp3) is 0.167. The molecule has 3 heterocycles. The van der Waals surface area contributed by atoms with Crippen molar-refractivity contribution in [1.29, 1.82) is 0 Å². The molecule has 4 heteroatoms. The van der Waals surface area contributed by atoms with Gasteiger partial charge >= 0.3 is 0 Å². The second-order valence-corrected chi connectivity index (χ2v) is 3.86. The molecule has 0 saturated carbocycles. The Bertz CT molecular complexity index is 651. The molecule has 0 fully saturated rings. The number of hydrogen-bond donors (Lipinski definition) is 0. The second-order valence-electron chi connectivity index (χ2n) is 3.86. The Morgan fingerprint density at radius 1 is 1.38 bits per heavy atom. The van der Waals surface area contributed by atoms with Crippen LogP contribution in [0.4, 0.5) is 0 Å². The molecule has 0 N–H and O–H groups in total. The lowest BCUT2D eigenvalue weighted by Gasteiger charge is -2.01. The lowest BCUT2D eigenvalue weighted by Crippen LogP contribution is -1.87. The van der Waals surface area contributed by atoms with Gasteiger partial charge in [-0.15, -0.1) is 0 Å².